The first-order valence-electron chi connectivity index (χ1n) is 7.48. The number of rotatable bonds is 6. The zero-order chi connectivity index (χ0) is 14.5. The summed E-state index contributed by atoms with van der Waals surface area (Å²) in [5.74, 6) is 0.762. The molecule has 114 valence electrons. The van der Waals surface area contributed by atoms with Crippen LogP contribution in [0.1, 0.15) is 32.1 Å². The van der Waals surface area contributed by atoms with Crippen molar-refractivity contribution in [1.29, 1.82) is 0 Å². The molecule has 3 rings (SSSR count). The third kappa shape index (κ3) is 3.85. The van der Waals surface area contributed by atoms with Gasteiger partial charge in [0, 0.05) is 19.2 Å². The van der Waals surface area contributed by atoms with Gasteiger partial charge in [-0.3, -0.25) is 0 Å². The average molecular weight is 291 g/mol. The first kappa shape index (κ1) is 14.2. The molecule has 2 aromatic rings. The Bertz CT molecular complexity index is 564. The maximum absolute atomic E-state index is 5.88. The van der Waals surface area contributed by atoms with Crippen molar-refractivity contribution < 1.29 is 4.74 Å². The average Bonchev–Trinajstić information content (AvgIpc) is 2.96. The Labute approximate surface area is 123 Å². The maximum atomic E-state index is 5.88. The number of ether oxygens (including phenoxy) is 1. The summed E-state index contributed by atoms with van der Waals surface area (Å²) >= 11 is 0. The zero-order valence-corrected chi connectivity index (χ0v) is 12.0. The smallest absolute Gasteiger partial charge is 0.200 e. The minimum atomic E-state index is 0.374. The highest BCUT2D eigenvalue weighted by molar-refractivity contribution is 5.41. The number of aromatic nitrogens is 5. The van der Waals surface area contributed by atoms with Gasteiger partial charge >= 0.3 is 0 Å². The van der Waals surface area contributed by atoms with Gasteiger partial charge in [0.05, 0.1) is 6.10 Å². The van der Waals surface area contributed by atoms with E-state index in [9.17, 15) is 0 Å². The SMILES string of the molecule is NC1CCC(OCCCNc2ccc3nnnn3n2)CC1. The van der Waals surface area contributed by atoms with Crippen molar-refractivity contribution >= 4 is 11.5 Å². The van der Waals surface area contributed by atoms with Gasteiger partial charge < -0.3 is 15.8 Å². The highest BCUT2D eigenvalue weighted by Crippen LogP contribution is 2.19. The molecular weight excluding hydrogens is 270 g/mol. The molecule has 1 fully saturated rings. The van der Waals surface area contributed by atoms with E-state index in [1.165, 1.54) is 4.63 Å². The first-order chi connectivity index (χ1) is 10.3. The number of tetrazole rings is 1. The molecule has 0 atom stereocenters. The predicted molar refractivity (Wildman–Crippen MR) is 77.9 cm³/mol. The molecule has 2 aromatic heterocycles. The van der Waals surface area contributed by atoms with Gasteiger partial charge in [0.15, 0.2) is 5.65 Å². The second-order valence-electron chi connectivity index (χ2n) is 5.43. The number of nitrogens with one attached hydrogen (secondary N) is 1. The van der Waals surface area contributed by atoms with Gasteiger partial charge in [-0.05, 0) is 54.7 Å². The normalized spacial score (nSPS) is 22.5. The van der Waals surface area contributed by atoms with E-state index in [1.807, 2.05) is 12.1 Å². The number of hydrogen-bond acceptors (Lipinski definition) is 7. The van der Waals surface area contributed by atoms with Crippen LogP contribution in [-0.2, 0) is 4.74 Å². The monoisotopic (exact) mass is 291 g/mol. The molecule has 8 nitrogen and oxygen atoms in total. The van der Waals surface area contributed by atoms with E-state index in [-0.39, 0.29) is 0 Å². The van der Waals surface area contributed by atoms with Crippen LogP contribution in [0, 0.1) is 0 Å². The molecule has 1 saturated carbocycles. The van der Waals surface area contributed by atoms with Crippen LogP contribution in [0.2, 0.25) is 0 Å². The molecule has 0 unspecified atom stereocenters. The highest BCUT2D eigenvalue weighted by Gasteiger charge is 2.18. The second kappa shape index (κ2) is 6.77. The number of hydrogen-bond donors (Lipinski definition) is 2. The minimum Gasteiger partial charge on any atom is -0.378 e. The molecule has 0 amide bonds. The Kier molecular flexibility index (Phi) is 4.56. The highest BCUT2D eigenvalue weighted by atomic mass is 16.5. The lowest BCUT2D eigenvalue weighted by Crippen LogP contribution is -2.30. The lowest BCUT2D eigenvalue weighted by Gasteiger charge is -2.26. The van der Waals surface area contributed by atoms with E-state index >= 15 is 0 Å². The van der Waals surface area contributed by atoms with Gasteiger partial charge in [-0.25, -0.2) is 0 Å². The van der Waals surface area contributed by atoms with Crippen molar-refractivity contribution in [1.82, 2.24) is 25.3 Å². The number of fused-ring (bicyclic) bond motifs is 1. The van der Waals surface area contributed by atoms with E-state index in [0.717, 1.165) is 51.1 Å². The third-order valence-electron chi connectivity index (χ3n) is 3.77. The van der Waals surface area contributed by atoms with Crippen LogP contribution in [0.3, 0.4) is 0 Å². The third-order valence-corrected chi connectivity index (χ3v) is 3.77. The molecule has 0 aliphatic heterocycles. The summed E-state index contributed by atoms with van der Waals surface area (Å²) in [4.78, 5) is 0. The molecule has 8 heteroatoms. The summed E-state index contributed by atoms with van der Waals surface area (Å²) in [6.45, 7) is 1.58. The van der Waals surface area contributed by atoms with E-state index in [1.54, 1.807) is 0 Å². The fraction of sp³-hybridized carbons (Fsp3) is 0.692. The molecule has 1 aliphatic carbocycles. The van der Waals surface area contributed by atoms with Crippen LogP contribution in [0.25, 0.3) is 5.65 Å². The van der Waals surface area contributed by atoms with Crippen LogP contribution in [0.15, 0.2) is 12.1 Å². The van der Waals surface area contributed by atoms with Crippen molar-refractivity contribution in [2.45, 2.75) is 44.2 Å². The van der Waals surface area contributed by atoms with E-state index in [4.69, 9.17) is 10.5 Å². The molecule has 0 bridgehead atoms. The van der Waals surface area contributed by atoms with Gasteiger partial charge in [-0.15, -0.1) is 14.8 Å². The summed E-state index contributed by atoms with van der Waals surface area (Å²) in [6, 6.07) is 4.07. The standard InChI is InChI=1S/C13H21N7O/c14-10-2-4-11(5-3-10)21-9-1-8-15-12-6-7-13-16-18-19-20(13)17-12/h6-7,10-11H,1-5,8-9,14H2,(H,15,17). The summed E-state index contributed by atoms with van der Waals surface area (Å²) in [5.41, 5.74) is 6.52. The van der Waals surface area contributed by atoms with Crippen molar-refractivity contribution in [3.8, 4) is 0 Å². The van der Waals surface area contributed by atoms with Crippen LogP contribution in [0.4, 0.5) is 5.82 Å². The lowest BCUT2D eigenvalue weighted by molar-refractivity contribution is 0.0251. The number of anilines is 1. The van der Waals surface area contributed by atoms with E-state index in [0.29, 0.717) is 17.8 Å². The molecular formula is C13H21N7O. The summed E-state index contributed by atoms with van der Waals surface area (Å²) < 4.78 is 7.28. The molecule has 0 saturated heterocycles. The van der Waals surface area contributed by atoms with Crippen molar-refractivity contribution in [2.24, 2.45) is 5.73 Å². The molecule has 0 aromatic carbocycles. The Morgan fingerprint density at radius 2 is 2.14 bits per heavy atom. The quantitative estimate of drug-likeness (QED) is 0.751. The van der Waals surface area contributed by atoms with Crippen molar-refractivity contribution in [3.05, 3.63) is 12.1 Å². The van der Waals surface area contributed by atoms with Crippen LogP contribution in [0.5, 0.6) is 0 Å². The molecule has 0 spiro atoms. The summed E-state index contributed by atoms with van der Waals surface area (Å²) in [5, 5.41) is 18.6. The maximum Gasteiger partial charge on any atom is 0.200 e. The van der Waals surface area contributed by atoms with Crippen molar-refractivity contribution in [3.63, 3.8) is 0 Å². The largest absolute Gasteiger partial charge is 0.378 e. The molecule has 0 radical (unpaired) electrons. The van der Waals surface area contributed by atoms with E-state index < -0.39 is 0 Å². The van der Waals surface area contributed by atoms with Gasteiger partial charge in [-0.2, -0.15) is 0 Å². The van der Waals surface area contributed by atoms with Crippen LogP contribution in [-0.4, -0.2) is 50.6 Å². The Morgan fingerprint density at radius 3 is 3.00 bits per heavy atom. The van der Waals surface area contributed by atoms with Gasteiger partial charge in [0.2, 0.25) is 0 Å². The zero-order valence-electron chi connectivity index (χ0n) is 12.0. The molecule has 3 N–H and O–H groups in total. The lowest BCUT2D eigenvalue weighted by atomic mass is 9.94. The first-order valence-corrected chi connectivity index (χ1v) is 7.48. The van der Waals surface area contributed by atoms with Gasteiger partial charge in [0.1, 0.15) is 5.82 Å². The molecule has 2 heterocycles. The fourth-order valence-electron chi connectivity index (χ4n) is 2.54. The molecule has 21 heavy (non-hydrogen) atoms. The predicted octanol–water partition coefficient (Wildman–Crippen LogP) is 0.608. The Morgan fingerprint density at radius 1 is 1.29 bits per heavy atom. The molecule has 1 aliphatic rings. The minimum absolute atomic E-state index is 0.374. The topological polar surface area (TPSA) is 103 Å². The van der Waals surface area contributed by atoms with E-state index in [2.05, 4.69) is 25.9 Å². The Hall–Kier alpha value is -1.80. The Balaban J connectivity index is 1.34. The fourth-order valence-corrected chi connectivity index (χ4v) is 2.54. The van der Waals surface area contributed by atoms with Crippen molar-refractivity contribution in [2.75, 3.05) is 18.5 Å². The van der Waals surface area contributed by atoms with Crippen LogP contribution < -0.4 is 11.1 Å². The number of nitrogens with two attached hydrogens (primary N) is 1. The van der Waals surface area contributed by atoms with Gasteiger partial charge in [-0.1, -0.05) is 0 Å². The summed E-state index contributed by atoms with van der Waals surface area (Å²) in [7, 11) is 0. The van der Waals surface area contributed by atoms with Crippen LogP contribution >= 0.6 is 0 Å². The second-order valence-corrected chi connectivity index (χ2v) is 5.43. The van der Waals surface area contributed by atoms with Gasteiger partial charge in [0.25, 0.3) is 0 Å². The summed E-state index contributed by atoms with van der Waals surface area (Å²) in [6.07, 6.45) is 5.67. The number of nitrogens with zero attached hydrogens (tertiary/aromatic N) is 5.